The van der Waals surface area contributed by atoms with E-state index in [4.69, 9.17) is 4.74 Å². The smallest absolute Gasteiger partial charge is 0.309 e. The minimum Gasteiger partial charge on any atom is -0.455 e. The van der Waals surface area contributed by atoms with Crippen LogP contribution in [0.2, 0.25) is 0 Å². The molecule has 0 aliphatic carbocycles. The van der Waals surface area contributed by atoms with Gasteiger partial charge in [-0.1, -0.05) is 33.8 Å². The molecule has 180 valence electrons. The summed E-state index contributed by atoms with van der Waals surface area (Å²) < 4.78 is 32.7. The first kappa shape index (κ1) is 26.3. The summed E-state index contributed by atoms with van der Waals surface area (Å²) in [6.07, 6.45) is 0.775. The van der Waals surface area contributed by atoms with Gasteiger partial charge in [0, 0.05) is 26.2 Å². The fourth-order valence-electron chi connectivity index (χ4n) is 3.86. The second kappa shape index (κ2) is 11.3. The molecule has 7 nitrogen and oxygen atoms in total. The lowest BCUT2D eigenvalue weighted by molar-refractivity contribution is -0.156. The summed E-state index contributed by atoms with van der Waals surface area (Å²) in [6.45, 7) is 13.5. The van der Waals surface area contributed by atoms with Crippen molar-refractivity contribution in [3.8, 4) is 0 Å². The first-order valence-electron chi connectivity index (χ1n) is 11.4. The predicted octanol–water partition coefficient (Wildman–Crippen LogP) is 3.39. The number of amides is 1. The SMILES string of the molecule is Cc1ccc(S(=O)(=O)N2CCC(C(=O)OCC(=O)N(CC(C)C)CC(C)C)CC2)cc1C. The van der Waals surface area contributed by atoms with E-state index in [2.05, 4.69) is 0 Å². The third-order valence-corrected chi connectivity index (χ3v) is 7.66. The largest absolute Gasteiger partial charge is 0.455 e. The van der Waals surface area contributed by atoms with Crippen molar-refractivity contribution in [3.05, 3.63) is 29.3 Å². The summed E-state index contributed by atoms with van der Waals surface area (Å²) in [5, 5.41) is 0. The van der Waals surface area contributed by atoms with Gasteiger partial charge in [0.2, 0.25) is 10.0 Å². The van der Waals surface area contributed by atoms with Crippen LogP contribution in [0, 0.1) is 31.6 Å². The molecule has 1 aromatic rings. The lowest BCUT2D eigenvalue weighted by atomic mass is 9.98. The topological polar surface area (TPSA) is 84.0 Å². The number of aryl methyl sites for hydroxylation is 2. The van der Waals surface area contributed by atoms with Crippen LogP contribution in [0.4, 0.5) is 0 Å². The fourth-order valence-corrected chi connectivity index (χ4v) is 5.41. The van der Waals surface area contributed by atoms with Gasteiger partial charge in [0.25, 0.3) is 5.91 Å². The van der Waals surface area contributed by atoms with Gasteiger partial charge in [0.15, 0.2) is 6.61 Å². The van der Waals surface area contributed by atoms with Crippen LogP contribution in [-0.2, 0) is 24.3 Å². The molecule has 1 heterocycles. The molecule has 0 N–H and O–H groups in total. The van der Waals surface area contributed by atoms with E-state index in [0.29, 0.717) is 37.8 Å². The number of hydrogen-bond acceptors (Lipinski definition) is 5. The van der Waals surface area contributed by atoms with Crippen LogP contribution in [0.3, 0.4) is 0 Å². The van der Waals surface area contributed by atoms with E-state index in [0.717, 1.165) is 11.1 Å². The maximum atomic E-state index is 13.0. The van der Waals surface area contributed by atoms with Crippen molar-refractivity contribution < 1.29 is 22.7 Å². The minimum atomic E-state index is -3.59. The molecule has 0 saturated carbocycles. The highest BCUT2D eigenvalue weighted by atomic mass is 32.2. The van der Waals surface area contributed by atoms with E-state index in [1.165, 1.54) is 4.31 Å². The minimum absolute atomic E-state index is 0.185. The number of carbonyl (C=O) groups is 2. The third kappa shape index (κ3) is 7.04. The fraction of sp³-hybridized carbons (Fsp3) is 0.667. The monoisotopic (exact) mass is 466 g/mol. The Balaban J connectivity index is 1.90. The maximum absolute atomic E-state index is 13.0. The van der Waals surface area contributed by atoms with Crippen LogP contribution in [-0.4, -0.2) is 62.3 Å². The van der Waals surface area contributed by atoms with Gasteiger partial charge in [-0.15, -0.1) is 0 Å². The van der Waals surface area contributed by atoms with Crippen molar-refractivity contribution in [2.75, 3.05) is 32.8 Å². The Kier molecular flexibility index (Phi) is 9.28. The van der Waals surface area contributed by atoms with E-state index in [1.54, 1.807) is 17.0 Å². The molecule has 1 aliphatic rings. The van der Waals surface area contributed by atoms with Gasteiger partial charge >= 0.3 is 5.97 Å². The molecule has 1 aromatic carbocycles. The summed E-state index contributed by atoms with van der Waals surface area (Å²) in [7, 11) is -3.59. The highest BCUT2D eigenvalue weighted by Gasteiger charge is 2.33. The average molecular weight is 467 g/mol. The summed E-state index contributed by atoms with van der Waals surface area (Å²) in [5.74, 6) is -0.335. The molecule has 1 aliphatic heterocycles. The highest BCUT2D eigenvalue weighted by molar-refractivity contribution is 7.89. The Labute approximate surface area is 193 Å². The van der Waals surface area contributed by atoms with Gasteiger partial charge in [0.05, 0.1) is 10.8 Å². The summed E-state index contributed by atoms with van der Waals surface area (Å²) >= 11 is 0. The van der Waals surface area contributed by atoms with Gasteiger partial charge in [-0.2, -0.15) is 4.31 Å². The van der Waals surface area contributed by atoms with Crippen molar-refractivity contribution in [2.24, 2.45) is 17.8 Å². The van der Waals surface area contributed by atoms with Gasteiger partial charge in [-0.05, 0) is 61.8 Å². The Bertz CT molecular complexity index is 893. The van der Waals surface area contributed by atoms with Crippen LogP contribution < -0.4 is 0 Å². The standard InChI is InChI=1S/C24H38N2O5S/c1-17(2)14-25(15-18(3)4)23(27)16-31-24(28)21-9-11-26(12-10-21)32(29,30)22-8-7-19(5)20(6)13-22/h7-8,13,17-18,21H,9-12,14-16H2,1-6H3. The first-order chi connectivity index (χ1) is 14.9. The van der Waals surface area contributed by atoms with Crippen LogP contribution in [0.1, 0.15) is 51.7 Å². The van der Waals surface area contributed by atoms with Crippen LogP contribution in [0.25, 0.3) is 0 Å². The summed E-state index contributed by atoms with van der Waals surface area (Å²) in [5.41, 5.74) is 1.97. The van der Waals surface area contributed by atoms with Crippen LogP contribution in [0.15, 0.2) is 23.1 Å². The zero-order chi connectivity index (χ0) is 24.1. The Morgan fingerprint density at radius 1 is 1.03 bits per heavy atom. The van der Waals surface area contributed by atoms with Gasteiger partial charge in [-0.25, -0.2) is 8.42 Å². The van der Waals surface area contributed by atoms with E-state index in [1.807, 2.05) is 47.6 Å². The van der Waals surface area contributed by atoms with Gasteiger partial charge < -0.3 is 9.64 Å². The lowest BCUT2D eigenvalue weighted by Crippen LogP contribution is -2.42. The molecule has 8 heteroatoms. The van der Waals surface area contributed by atoms with Crippen molar-refractivity contribution in [3.63, 3.8) is 0 Å². The number of esters is 1. The van der Waals surface area contributed by atoms with Crippen LogP contribution >= 0.6 is 0 Å². The molecule has 0 spiro atoms. The molecule has 0 bridgehead atoms. The molecule has 0 aromatic heterocycles. The Morgan fingerprint density at radius 2 is 1.59 bits per heavy atom. The zero-order valence-corrected chi connectivity index (χ0v) is 21.1. The number of nitrogens with zero attached hydrogens (tertiary/aromatic N) is 2. The molecule has 1 amide bonds. The number of rotatable bonds is 9. The Hall–Kier alpha value is -1.93. The molecule has 0 radical (unpaired) electrons. The maximum Gasteiger partial charge on any atom is 0.309 e. The van der Waals surface area contributed by atoms with Crippen molar-refractivity contribution >= 4 is 21.9 Å². The summed E-state index contributed by atoms with van der Waals surface area (Å²) in [4.78, 5) is 27.1. The van der Waals surface area contributed by atoms with Gasteiger partial charge in [0.1, 0.15) is 0 Å². The van der Waals surface area contributed by atoms with Crippen molar-refractivity contribution in [1.82, 2.24) is 9.21 Å². The molecule has 0 atom stereocenters. The van der Waals surface area contributed by atoms with E-state index in [-0.39, 0.29) is 30.5 Å². The predicted molar refractivity (Wildman–Crippen MR) is 125 cm³/mol. The second-order valence-corrected chi connectivity index (χ2v) is 11.6. The number of piperidine rings is 1. The number of hydrogen-bond donors (Lipinski definition) is 0. The summed E-state index contributed by atoms with van der Waals surface area (Å²) in [6, 6.07) is 5.13. The molecule has 1 fully saturated rings. The first-order valence-corrected chi connectivity index (χ1v) is 12.9. The van der Waals surface area contributed by atoms with E-state index < -0.39 is 21.9 Å². The number of sulfonamides is 1. The normalized spacial score (nSPS) is 15.9. The average Bonchev–Trinajstić information content (AvgIpc) is 2.72. The Morgan fingerprint density at radius 3 is 2.09 bits per heavy atom. The molecular weight excluding hydrogens is 428 g/mol. The van der Waals surface area contributed by atoms with Crippen molar-refractivity contribution in [2.45, 2.75) is 59.3 Å². The zero-order valence-electron chi connectivity index (χ0n) is 20.3. The quantitative estimate of drug-likeness (QED) is 0.521. The lowest BCUT2D eigenvalue weighted by Gasteiger charge is -2.30. The number of carbonyl (C=O) groups excluding carboxylic acids is 2. The molecular formula is C24H38N2O5S. The molecule has 0 unspecified atom stereocenters. The van der Waals surface area contributed by atoms with Gasteiger partial charge in [-0.3, -0.25) is 9.59 Å². The molecule has 1 saturated heterocycles. The molecule has 32 heavy (non-hydrogen) atoms. The van der Waals surface area contributed by atoms with E-state index in [9.17, 15) is 18.0 Å². The van der Waals surface area contributed by atoms with Crippen LogP contribution in [0.5, 0.6) is 0 Å². The molecule has 2 rings (SSSR count). The third-order valence-electron chi connectivity index (χ3n) is 5.77. The number of ether oxygens (including phenoxy) is 1. The number of benzene rings is 1. The highest BCUT2D eigenvalue weighted by Crippen LogP contribution is 2.25. The van der Waals surface area contributed by atoms with Crippen molar-refractivity contribution in [1.29, 1.82) is 0 Å². The second-order valence-electron chi connectivity index (χ2n) is 9.62. The van der Waals surface area contributed by atoms with E-state index >= 15 is 0 Å².